The molecule has 2 unspecified atom stereocenters. The topological polar surface area (TPSA) is 48.9 Å². The average Bonchev–Trinajstić information content (AvgIpc) is 3.32. The molecule has 4 rings (SSSR count). The van der Waals surface area contributed by atoms with Crippen LogP contribution in [-0.4, -0.2) is 62.3 Å². The Kier molecular flexibility index (Phi) is 7.55. The standard InChI is InChI=1S/C21H31FN4O.HI/c1-2-23-20(24-12-17-13-26-11-5-6-16(26)14-27-17)25-15-21(9-10-21)18-7-3-4-8-19(18)22;/h3-4,7-8,16-17H,2,5-6,9-15H2,1H3,(H2,23,24,25);1H. The van der Waals surface area contributed by atoms with Crippen LogP contribution in [-0.2, 0) is 10.2 Å². The number of ether oxygens (including phenoxy) is 1. The number of nitrogens with zero attached hydrogens (tertiary/aromatic N) is 2. The van der Waals surface area contributed by atoms with E-state index < -0.39 is 0 Å². The molecular formula is C21H32FIN4O. The van der Waals surface area contributed by atoms with Crippen molar-refractivity contribution in [1.82, 2.24) is 15.5 Å². The van der Waals surface area contributed by atoms with Crippen LogP contribution in [0.3, 0.4) is 0 Å². The van der Waals surface area contributed by atoms with Crippen LogP contribution in [0.25, 0.3) is 0 Å². The zero-order valence-corrected chi connectivity index (χ0v) is 19.0. The Balaban J connectivity index is 0.00000225. The lowest BCUT2D eigenvalue weighted by Gasteiger charge is -2.35. The van der Waals surface area contributed by atoms with Gasteiger partial charge >= 0.3 is 0 Å². The normalized spacial score (nSPS) is 26.3. The highest BCUT2D eigenvalue weighted by atomic mass is 127. The third-order valence-electron chi connectivity index (χ3n) is 6.14. The number of fused-ring (bicyclic) bond motifs is 1. The molecule has 5 nitrogen and oxygen atoms in total. The van der Waals surface area contributed by atoms with Crippen LogP contribution < -0.4 is 10.6 Å². The number of benzene rings is 1. The van der Waals surface area contributed by atoms with E-state index in [0.29, 0.717) is 12.6 Å². The number of halogens is 2. The second kappa shape index (κ2) is 9.71. The van der Waals surface area contributed by atoms with Gasteiger partial charge in [0.1, 0.15) is 5.82 Å². The molecule has 2 heterocycles. The number of hydrogen-bond acceptors (Lipinski definition) is 3. The summed E-state index contributed by atoms with van der Waals surface area (Å²) in [5, 5.41) is 6.74. The third-order valence-corrected chi connectivity index (χ3v) is 6.14. The first-order valence-electron chi connectivity index (χ1n) is 10.3. The number of nitrogens with one attached hydrogen (secondary N) is 2. The quantitative estimate of drug-likeness (QED) is 0.357. The van der Waals surface area contributed by atoms with Gasteiger partial charge in [0.15, 0.2) is 5.96 Å². The van der Waals surface area contributed by atoms with Crippen molar-refractivity contribution in [2.75, 3.05) is 39.3 Å². The number of guanidine groups is 1. The van der Waals surface area contributed by atoms with Gasteiger partial charge in [-0.25, -0.2) is 4.39 Å². The van der Waals surface area contributed by atoms with Crippen molar-refractivity contribution >= 4 is 29.9 Å². The second-order valence-electron chi connectivity index (χ2n) is 8.08. The summed E-state index contributed by atoms with van der Waals surface area (Å²) < 4.78 is 20.2. The van der Waals surface area contributed by atoms with Crippen LogP contribution in [0, 0.1) is 5.82 Å². The zero-order valence-electron chi connectivity index (χ0n) is 16.6. The maximum Gasteiger partial charge on any atom is 0.191 e. The van der Waals surface area contributed by atoms with Crippen molar-refractivity contribution in [3.8, 4) is 0 Å². The van der Waals surface area contributed by atoms with E-state index in [1.165, 1.54) is 19.4 Å². The van der Waals surface area contributed by atoms with Crippen molar-refractivity contribution in [2.45, 2.75) is 50.2 Å². The van der Waals surface area contributed by atoms with Crippen molar-refractivity contribution in [1.29, 1.82) is 0 Å². The third kappa shape index (κ3) is 4.97. The van der Waals surface area contributed by atoms with Gasteiger partial charge in [-0.1, -0.05) is 18.2 Å². The molecule has 1 aromatic carbocycles. The molecule has 2 aliphatic heterocycles. The molecule has 0 amide bonds. The number of aliphatic imine (C=N–C) groups is 1. The minimum absolute atomic E-state index is 0. The highest BCUT2D eigenvalue weighted by Gasteiger charge is 2.45. The zero-order chi connectivity index (χ0) is 18.7. The summed E-state index contributed by atoms with van der Waals surface area (Å²) in [6.45, 7) is 7.27. The Labute approximate surface area is 184 Å². The molecule has 156 valence electrons. The van der Waals surface area contributed by atoms with Gasteiger partial charge in [-0.05, 0) is 50.8 Å². The molecule has 0 bridgehead atoms. The van der Waals surface area contributed by atoms with Crippen LogP contribution in [0.1, 0.15) is 38.2 Å². The second-order valence-corrected chi connectivity index (χ2v) is 8.08. The van der Waals surface area contributed by atoms with Gasteiger partial charge in [0.05, 0.1) is 19.3 Å². The average molecular weight is 502 g/mol. The molecule has 7 heteroatoms. The summed E-state index contributed by atoms with van der Waals surface area (Å²) in [7, 11) is 0. The molecule has 1 saturated carbocycles. The number of hydrogen-bond donors (Lipinski definition) is 2. The Hall–Kier alpha value is -0.930. The van der Waals surface area contributed by atoms with Gasteiger partial charge in [0, 0.05) is 31.1 Å². The van der Waals surface area contributed by atoms with Gasteiger partial charge in [-0.2, -0.15) is 0 Å². The predicted molar refractivity (Wildman–Crippen MR) is 121 cm³/mol. The van der Waals surface area contributed by atoms with Crippen molar-refractivity contribution < 1.29 is 9.13 Å². The Bertz CT molecular complexity index is 682. The van der Waals surface area contributed by atoms with Gasteiger partial charge in [-0.15, -0.1) is 24.0 Å². The minimum atomic E-state index is -0.127. The number of rotatable bonds is 6. The first-order valence-corrected chi connectivity index (χ1v) is 10.3. The molecule has 2 atom stereocenters. The summed E-state index contributed by atoms with van der Waals surface area (Å²) >= 11 is 0. The van der Waals surface area contributed by atoms with E-state index in [1.54, 1.807) is 12.1 Å². The van der Waals surface area contributed by atoms with E-state index in [4.69, 9.17) is 9.73 Å². The van der Waals surface area contributed by atoms with Gasteiger partial charge in [0.2, 0.25) is 0 Å². The summed E-state index contributed by atoms with van der Waals surface area (Å²) in [4.78, 5) is 7.33. The van der Waals surface area contributed by atoms with E-state index in [-0.39, 0.29) is 41.3 Å². The first-order chi connectivity index (χ1) is 13.2. The van der Waals surface area contributed by atoms with Crippen molar-refractivity contribution in [3.63, 3.8) is 0 Å². The molecule has 0 aromatic heterocycles. The largest absolute Gasteiger partial charge is 0.373 e. The Morgan fingerprint density at radius 2 is 2.14 bits per heavy atom. The fourth-order valence-electron chi connectivity index (χ4n) is 4.35. The van der Waals surface area contributed by atoms with Crippen LogP contribution in [0.2, 0.25) is 0 Å². The van der Waals surface area contributed by atoms with Crippen molar-refractivity contribution in [3.05, 3.63) is 35.6 Å². The molecule has 0 radical (unpaired) electrons. The molecule has 2 N–H and O–H groups in total. The van der Waals surface area contributed by atoms with Crippen LogP contribution in [0.5, 0.6) is 0 Å². The smallest absolute Gasteiger partial charge is 0.191 e. The Morgan fingerprint density at radius 3 is 2.89 bits per heavy atom. The highest BCUT2D eigenvalue weighted by Crippen LogP contribution is 2.49. The van der Waals surface area contributed by atoms with Crippen molar-refractivity contribution in [2.24, 2.45) is 4.99 Å². The molecule has 2 saturated heterocycles. The summed E-state index contributed by atoms with van der Waals surface area (Å²) in [6.07, 6.45) is 4.75. The fraction of sp³-hybridized carbons (Fsp3) is 0.667. The lowest BCUT2D eigenvalue weighted by atomic mass is 9.95. The SMILES string of the molecule is CCNC(=NCC1(c2ccccc2F)CC1)NCC1CN2CCCC2CO1.I. The lowest BCUT2D eigenvalue weighted by Crippen LogP contribution is -2.51. The summed E-state index contributed by atoms with van der Waals surface area (Å²) in [5.41, 5.74) is 0.679. The molecule has 28 heavy (non-hydrogen) atoms. The maximum atomic E-state index is 14.2. The van der Waals surface area contributed by atoms with E-state index >= 15 is 0 Å². The van der Waals surface area contributed by atoms with Gasteiger partial charge < -0.3 is 15.4 Å². The monoisotopic (exact) mass is 502 g/mol. The highest BCUT2D eigenvalue weighted by molar-refractivity contribution is 14.0. The van der Waals surface area contributed by atoms with Crippen LogP contribution in [0.15, 0.2) is 29.3 Å². The van der Waals surface area contributed by atoms with Gasteiger partial charge in [0.25, 0.3) is 0 Å². The molecule has 1 aromatic rings. The van der Waals surface area contributed by atoms with E-state index in [0.717, 1.165) is 50.6 Å². The van der Waals surface area contributed by atoms with E-state index in [2.05, 4.69) is 22.5 Å². The predicted octanol–water partition coefficient (Wildman–Crippen LogP) is 2.89. The molecule has 3 aliphatic rings. The molecule has 0 spiro atoms. The van der Waals surface area contributed by atoms with Gasteiger partial charge in [-0.3, -0.25) is 9.89 Å². The van der Waals surface area contributed by atoms with Crippen LogP contribution >= 0.6 is 24.0 Å². The summed E-state index contributed by atoms with van der Waals surface area (Å²) in [6, 6.07) is 7.74. The molecule has 3 fully saturated rings. The van der Waals surface area contributed by atoms with Crippen LogP contribution in [0.4, 0.5) is 4.39 Å². The molecular weight excluding hydrogens is 470 g/mol. The fourth-order valence-corrected chi connectivity index (χ4v) is 4.35. The van der Waals surface area contributed by atoms with E-state index in [1.807, 2.05) is 12.1 Å². The maximum absolute atomic E-state index is 14.2. The Morgan fingerprint density at radius 1 is 1.32 bits per heavy atom. The van der Waals surface area contributed by atoms with E-state index in [9.17, 15) is 4.39 Å². The molecule has 1 aliphatic carbocycles. The number of morpholine rings is 1. The first kappa shape index (κ1) is 21.8. The summed E-state index contributed by atoms with van der Waals surface area (Å²) in [5.74, 6) is 0.686. The minimum Gasteiger partial charge on any atom is -0.373 e. The lowest BCUT2D eigenvalue weighted by molar-refractivity contribution is -0.0453.